The molecule has 1 aromatic heterocycles. The second-order valence-corrected chi connectivity index (χ2v) is 6.74. The van der Waals surface area contributed by atoms with Crippen LogP contribution >= 0.6 is 11.6 Å². The van der Waals surface area contributed by atoms with Crippen LogP contribution in [0.3, 0.4) is 0 Å². The number of aryl methyl sites for hydroxylation is 1. The number of benzene rings is 3. The van der Waals surface area contributed by atoms with Gasteiger partial charge in [0.05, 0.1) is 5.02 Å². The highest BCUT2D eigenvalue weighted by Crippen LogP contribution is 2.26. The van der Waals surface area contributed by atoms with Crippen molar-refractivity contribution in [2.45, 2.75) is 6.92 Å². The lowest BCUT2D eigenvalue weighted by Gasteiger charge is -2.08. The first-order chi connectivity index (χ1) is 13.6. The number of carbonyl (C=O) groups excluding carboxylic acids is 1. The van der Waals surface area contributed by atoms with Crippen LogP contribution in [0, 0.1) is 6.92 Å². The van der Waals surface area contributed by atoms with E-state index < -0.39 is 0 Å². The molecule has 140 valence electrons. The van der Waals surface area contributed by atoms with Crippen molar-refractivity contribution in [3.63, 3.8) is 0 Å². The Balaban J connectivity index is 1.41. The van der Waals surface area contributed by atoms with E-state index in [4.69, 9.17) is 20.8 Å². The molecule has 3 aromatic carbocycles. The number of rotatable bonds is 5. The molecule has 1 heterocycles. The third-order valence-corrected chi connectivity index (χ3v) is 4.47. The second kappa shape index (κ2) is 7.74. The van der Waals surface area contributed by atoms with Gasteiger partial charge >= 0.3 is 0 Å². The van der Waals surface area contributed by atoms with Crippen molar-refractivity contribution in [1.82, 2.24) is 4.98 Å². The van der Waals surface area contributed by atoms with Gasteiger partial charge in [0.15, 0.2) is 12.2 Å². The summed E-state index contributed by atoms with van der Waals surface area (Å²) in [4.78, 5) is 16.6. The van der Waals surface area contributed by atoms with Crippen LogP contribution in [0.1, 0.15) is 5.56 Å². The van der Waals surface area contributed by atoms with Crippen LogP contribution in [-0.4, -0.2) is 17.5 Å². The van der Waals surface area contributed by atoms with Crippen LogP contribution in [0.15, 0.2) is 71.1 Å². The summed E-state index contributed by atoms with van der Waals surface area (Å²) in [5, 5.41) is 3.25. The summed E-state index contributed by atoms with van der Waals surface area (Å²) in [7, 11) is 0. The first kappa shape index (κ1) is 18.1. The summed E-state index contributed by atoms with van der Waals surface area (Å²) >= 11 is 6.01. The summed E-state index contributed by atoms with van der Waals surface area (Å²) in [6.45, 7) is 1.89. The number of ether oxygens (including phenoxy) is 1. The summed E-state index contributed by atoms with van der Waals surface area (Å²) in [5.74, 6) is 0.742. The largest absolute Gasteiger partial charge is 0.482 e. The fourth-order valence-corrected chi connectivity index (χ4v) is 2.95. The molecule has 0 unspecified atom stereocenters. The first-order valence-corrected chi connectivity index (χ1v) is 9.11. The van der Waals surface area contributed by atoms with E-state index in [1.54, 1.807) is 36.4 Å². The lowest BCUT2D eigenvalue weighted by atomic mass is 10.2. The highest BCUT2D eigenvalue weighted by molar-refractivity contribution is 6.32. The Kier molecular flexibility index (Phi) is 5.00. The maximum absolute atomic E-state index is 12.1. The van der Waals surface area contributed by atoms with Gasteiger partial charge in [-0.2, -0.15) is 0 Å². The second-order valence-electron chi connectivity index (χ2n) is 6.33. The molecule has 0 radical (unpaired) electrons. The smallest absolute Gasteiger partial charge is 0.262 e. The number of nitrogens with zero attached hydrogens (tertiary/aromatic N) is 1. The van der Waals surface area contributed by atoms with Crippen molar-refractivity contribution in [1.29, 1.82) is 0 Å². The molecular formula is C22H17ClN2O3. The molecule has 0 saturated carbocycles. The van der Waals surface area contributed by atoms with Crippen LogP contribution in [0.25, 0.3) is 22.6 Å². The Morgan fingerprint density at radius 2 is 1.89 bits per heavy atom. The Morgan fingerprint density at radius 3 is 2.68 bits per heavy atom. The van der Waals surface area contributed by atoms with Crippen molar-refractivity contribution in [2.75, 3.05) is 11.9 Å². The molecule has 1 N–H and O–H groups in total. The predicted molar refractivity (Wildman–Crippen MR) is 110 cm³/mol. The fraction of sp³-hybridized carbons (Fsp3) is 0.0909. The van der Waals surface area contributed by atoms with Gasteiger partial charge in [-0.3, -0.25) is 4.79 Å². The monoisotopic (exact) mass is 392 g/mol. The van der Waals surface area contributed by atoms with Gasteiger partial charge in [0.2, 0.25) is 5.89 Å². The van der Waals surface area contributed by atoms with Crippen LogP contribution in [0.5, 0.6) is 5.75 Å². The number of oxazole rings is 1. The average Bonchev–Trinajstić information content (AvgIpc) is 3.11. The average molecular weight is 393 g/mol. The van der Waals surface area contributed by atoms with Crippen molar-refractivity contribution >= 4 is 34.3 Å². The summed E-state index contributed by atoms with van der Waals surface area (Å²) < 4.78 is 11.2. The number of fused-ring (bicyclic) bond motifs is 1. The third-order valence-electron chi connectivity index (χ3n) is 4.15. The van der Waals surface area contributed by atoms with Gasteiger partial charge in [0.25, 0.3) is 5.91 Å². The molecule has 4 rings (SSSR count). The molecule has 1 amide bonds. The van der Waals surface area contributed by atoms with E-state index in [2.05, 4.69) is 10.3 Å². The van der Waals surface area contributed by atoms with Crippen LogP contribution in [0.4, 0.5) is 5.69 Å². The maximum atomic E-state index is 12.1. The topological polar surface area (TPSA) is 64.4 Å². The van der Waals surface area contributed by atoms with E-state index in [1.165, 1.54) is 0 Å². The van der Waals surface area contributed by atoms with Gasteiger partial charge in [-0.15, -0.1) is 0 Å². The highest BCUT2D eigenvalue weighted by Gasteiger charge is 2.10. The van der Waals surface area contributed by atoms with Gasteiger partial charge in [-0.1, -0.05) is 29.8 Å². The fourth-order valence-electron chi connectivity index (χ4n) is 2.76. The number of halogens is 1. The van der Waals surface area contributed by atoms with E-state index in [0.29, 0.717) is 22.4 Å². The summed E-state index contributed by atoms with van der Waals surface area (Å²) in [5.41, 5.74) is 4.19. The molecule has 6 heteroatoms. The number of anilines is 1. The molecule has 5 nitrogen and oxygen atoms in total. The lowest BCUT2D eigenvalue weighted by molar-refractivity contribution is -0.118. The first-order valence-electron chi connectivity index (χ1n) is 8.73. The zero-order valence-electron chi connectivity index (χ0n) is 15.1. The number of hydrogen-bond donors (Lipinski definition) is 1. The zero-order chi connectivity index (χ0) is 19.5. The molecule has 0 saturated heterocycles. The van der Waals surface area contributed by atoms with Crippen molar-refractivity contribution in [3.8, 4) is 17.2 Å². The van der Waals surface area contributed by atoms with Gasteiger partial charge in [-0.05, 0) is 61.0 Å². The molecule has 0 spiro atoms. The highest BCUT2D eigenvalue weighted by atomic mass is 35.5. The third kappa shape index (κ3) is 4.00. The van der Waals surface area contributed by atoms with Crippen molar-refractivity contribution < 1.29 is 13.9 Å². The summed E-state index contributed by atoms with van der Waals surface area (Å²) in [6, 6.07) is 20.2. The number of hydrogen-bond acceptors (Lipinski definition) is 4. The van der Waals surface area contributed by atoms with Crippen LogP contribution < -0.4 is 10.1 Å². The lowest BCUT2D eigenvalue weighted by Crippen LogP contribution is -2.20. The number of para-hydroxylation sites is 1. The normalized spacial score (nSPS) is 10.8. The quantitative estimate of drug-likeness (QED) is 0.488. The summed E-state index contributed by atoms with van der Waals surface area (Å²) in [6.07, 6.45) is 0. The van der Waals surface area contributed by atoms with Gasteiger partial charge in [-0.25, -0.2) is 4.98 Å². The number of nitrogens with one attached hydrogen (secondary N) is 1. The Morgan fingerprint density at radius 1 is 1.11 bits per heavy atom. The van der Waals surface area contributed by atoms with E-state index >= 15 is 0 Å². The minimum atomic E-state index is -0.273. The number of carbonyl (C=O) groups is 1. The Hall–Kier alpha value is -3.31. The number of aromatic nitrogens is 1. The van der Waals surface area contributed by atoms with E-state index in [1.807, 2.05) is 37.3 Å². The maximum Gasteiger partial charge on any atom is 0.262 e. The molecule has 28 heavy (non-hydrogen) atoms. The zero-order valence-corrected chi connectivity index (χ0v) is 15.9. The predicted octanol–water partition coefficient (Wildman–Crippen LogP) is 5.47. The minimum absolute atomic E-state index is 0.129. The Bertz CT molecular complexity index is 1140. The van der Waals surface area contributed by atoms with Crippen LogP contribution in [0.2, 0.25) is 5.02 Å². The Labute approximate surface area is 166 Å². The van der Waals surface area contributed by atoms with Gasteiger partial charge in [0.1, 0.15) is 11.3 Å². The molecule has 0 aliphatic heterocycles. The van der Waals surface area contributed by atoms with Crippen molar-refractivity contribution in [2.24, 2.45) is 0 Å². The van der Waals surface area contributed by atoms with E-state index in [9.17, 15) is 4.79 Å². The molecule has 0 aliphatic carbocycles. The number of amides is 1. The SMILES string of the molecule is Cc1ccc2oc(-c3ccc(NC(=O)COc4ccccc4Cl)cc3)nc2c1. The standard InChI is InChI=1S/C22H17ClN2O3/c1-14-6-11-20-18(12-14)25-22(28-20)15-7-9-16(10-8-15)24-21(26)13-27-19-5-3-2-4-17(19)23/h2-12H,13H2,1H3,(H,24,26). The van der Waals surface area contributed by atoms with Crippen molar-refractivity contribution in [3.05, 3.63) is 77.3 Å². The molecular weight excluding hydrogens is 376 g/mol. The van der Waals surface area contributed by atoms with Gasteiger partial charge < -0.3 is 14.5 Å². The van der Waals surface area contributed by atoms with Crippen LogP contribution in [-0.2, 0) is 4.79 Å². The molecule has 0 fully saturated rings. The molecule has 0 atom stereocenters. The van der Waals surface area contributed by atoms with E-state index in [-0.39, 0.29) is 12.5 Å². The molecule has 0 bridgehead atoms. The van der Waals surface area contributed by atoms with Gasteiger partial charge in [0, 0.05) is 11.3 Å². The van der Waals surface area contributed by atoms with E-state index in [0.717, 1.165) is 22.2 Å². The minimum Gasteiger partial charge on any atom is -0.482 e. The molecule has 0 aliphatic rings. The molecule has 4 aromatic rings.